The quantitative estimate of drug-likeness (QED) is 0.304. The zero-order valence-electron chi connectivity index (χ0n) is 18.8. The first-order valence-electron chi connectivity index (χ1n) is 10.7. The maximum absolute atomic E-state index is 5.82. The van der Waals surface area contributed by atoms with Gasteiger partial charge < -0.3 is 34.3 Å². The molecule has 2 N–H and O–H groups in total. The van der Waals surface area contributed by atoms with Crippen molar-refractivity contribution in [2.45, 2.75) is 32.7 Å². The Balaban J connectivity index is 1.82. The highest BCUT2D eigenvalue weighted by atomic mass is 16.5. The Morgan fingerprint density at radius 2 is 1.83 bits per heavy atom. The smallest absolute Gasteiger partial charge is 0.203 e. The van der Waals surface area contributed by atoms with E-state index in [1.807, 2.05) is 19.1 Å². The molecule has 1 aromatic rings. The summed E-state index contributed by atoms with van der Waals surface area (Å²) in [4.78, 5) is 4.68. The van der Waals surface area contributed by atoms with Crippen molar-refractivity contribution in [1.82, 2.24) is 10.6 Å². The van der Waals surface area contributed by atoms with E-state index in [2.05, 4.69) is 15.6 Å². The van der Waals surface area contributed by atoms with Crippen molar-refractivity contribution in [3.05, 3.63) is 17.7 Å². The van der Waals surface area contributed by atoms with E-state index in [0.717, 1.165) is 70.3 Å². The van der Waals surface area contributed by atoms with Crippen molar-refractivity contribution in [1.29, 1.82) is 0 Å². The highest BCUT2D eigenvalue weighted by Crippen LogP contribution is 2.39. The molecule has 8 heteroatoms. The molecule has 1 fully saturated rings. The van der Waals surface area contributed by atoms with Crippen LogP contribution in [0.15, 0.2) is 17.1 Å². The standard InChI is InChI=1S/C22H37N3O5/c1-5-23-22(24-11-6-12-30-16-17-9-13-29-14-10-17)25-15-18-7-8-19(26-2)21(28-4)20(18)27-3/h7-8,17H,5-6,9-16H2,1-4H3,(H2,23,24,25). The van der Waals surface area contributed by atoms with Crippen molar-refractivity contribution in [2.75, 3.05) is 60.8 Å². The number of hydrogen-bond acceptors (Lipinski definition) is 6. The van der Waals surface area contributed by atoms with Crippen LogP contribution in [-0.2, 0) is 16.0 Å². The molecule has 0 bridgehead atoms. The molecule has 1 aromatic carbocycles. The van der Waals surface area contributed by atoms with Gasteiger partial charge in [0.2, 0.25) is 5.75 Å². The summed E-state index contributed by atoms with van der Waals surface area (Å²) in [7, 11) is 4.83. The molecule has 0 radical (unpaired) electrons. The molecule has 2 rings (SSSR count). The molecule has 170 valence electrons. The fourth-order valence-corrected chi connectivity index (χ4v) is 3.34. The van der Waals surface area contributed by atoms with Gasteiger partial charge in [-0.2, -0.15) is 0 Å². The molecule has 1 aliphatic rings. The number of rotatable bonds is 12. The van der Waals surface area contributed by atoms with E-state index in [4.69, 9.17) is 23.7 Å². The van der Waals surface area contributed by atoms with E-state index < -0.39 is 0 Å². The minimum Gasteiger partial charge on any atom is -0.493 e. The van der Waals surface area contributed by atoms with Crippen molar-refractivity contribution in [3.8, 4) is 17.2 Å². The van der Waals surface area contributed by atoms with E-state index in [9.17, 15) is 0 Å². The summed E-state index contributed by atoms with van der Waals surface area (Å²) in [6.07, 6.45) is 3.14. The normalized spacial score (nSPS) is 15.0. The molecule has 0 unspecified atom stereocenters. The topological polar surface area (TPSA) is 82.6 Å². The first-order valence-corrected chi connectivity index (χ1v) is 10.7. The third-order valence-electron chi connectivity index (χ3n) is 4.99. The van der Waals surface area contributed by atoms with Crippen molar-refractivity contribution < 1.29 is 23.7 Å². The first kappa shape index (κ1) is 24.1. The largest absolute Gasteiger partial charge is 0.493 e. The molecule has 0 saturated carbocycles. The third-order valence-corrected chi connectivity index (χ3v) is 4.99. The van der Waals surface area contributed by atoms with Crippen LogP contribution < -0.4 is 24.8 Å². The molecule has 0 aromatic heterocycles. The Labute approximate surface area is 180 Å². The molecule has 1 aliphatic heterocycles. The van der Waals surface area contributed by atoms with Crippen LogP contribution in [0.1, 0.15) is 31.7 Å². The van der Waals surface area contributed by atoms with Gasteiger partial charge in [0, 0.05) is 45.1 Å². The number of nitrogens with zero attached hydrogens (tertiary/aromatic N) is 1. The van der Waals surface area contributed by atoms with Crippen LogP contribution in [0.25, 0.3) is 0 Å². The maximum Gasteiger partial charge on any atom is 0.203 e. The van der Waals surface area contributed by atoms with Gasteiger partial charge in [-0.1, -0.05) is 0 Å². The van der Waals surface area contributed by atoms with E-state index in [1.165, 1.54) is 0 Å². The molecule has 0 spiro atoms. The first-order chi connectivity index (χ1) is 14.7. The lowest BCUT2D eigenvalue weighted by molar-refractivity contribution is 0.0203. The second-order valence-corrected chi connectivity index (χ2v) is 7.10. The number of guanidine groups is 1. The SMILES string of the molecule is CCNC(=NCc1ccc(OC)c(OC)c1OC)NCCCOCC1CCOCC1. The highest BCUT2D eigenvalue weighted by molar-refractivity contribution is 5.79. The zero-order valence-corrected chi connectivity index (χ0v) is 18.8. The molecular formula is C22H37N3O5. The maximum atomic E-state index is 5.82. The van der Waals surface area contributed by atoms with Crippen LogP contribution in [0.2, 0.25) is 0 Å². The van der Waals surface area contributed by atoms with E-state index in [1.54, 1.807) is 21.3 Å². The van der Waals surface area contributed by atoms with Gasteiger partial charge in [-0.3, -0.25) is 0 Å². The fourth-order valence-electron chi connectivity index (χ4n) is 3.34. The summed E-state index contributed by atoms with van der Waals surface area (Å²) in [5.41, 5.74) is 0.923. The molecule has 8 nitrogen and oxygen atoms in total. The lowest BCUT2D eigenvalue weighted by Gasteiger charge is -2.21. The average molecular weight is 424 g/mol. The van der Waals surface area contributed by atoms with E-state index in [-0.39, 0.29) is 0 Å². The fraction of sp³-hybridized carbons (Fsp3) is 0.682. The number of hydrogen-bond donors (Lipinski definition) is 2. The average Bonchev–Trinajstić information content (AvgIpc) is 2.79. The van der Waals surface area contributed by atoms with Gasteiger partial charge in [0.05, 0.1) is 27.9 Å². The van der Waals surface area contributed by atoms with Crippen LogP contribution in [0, 0.1) is 5.92 Å². The predicted molar refractivity (Wildman–Crippen MR) is 118 cm³/mol. The number of aliphatic imine (C=N–C) groups is 1. The molecule has 0 atom stereocenters. The van der Waals surface area contributed by atoms with Gasteiger partial charge in [0.15, 0.2) is 17.5 Å². The number of benzene rings is 1. The van der Waals surface area contributed by atoms with Crippen LogP contribution in [-0.4, -0.2) is 66.8 Å². The second kappa shape index (κ2) is 13.9. The Bertz CT molecular complexity index is 648. The van der Waals surface area contributed by atoms with Gasteiger partial charge >= 0.3 is 0 Å². The molecular weight excluding hydrogens is 386 g/mol. The third kappa shape index (κ3) is 7.57. The predicted octanol–water partition coefficient (Wildman–Crippen LogP) is 2.60. The number of methoxy groups -OCH3 is 3. The lowest BCUT2D eigenvalue weighted by Crippen LogP contribution is -2.38. The van der Waals surface area contributed by atoms with Crippen molar-refractivity contribution >= 4 is 5.96 Å². The Morgan fingerprint density at radius 1 is 1.07 bits per heavy atom. The molecule has 1 heterocycles. The molecule has 30 heavy (non-hydrogen) atoms. The summed E-state index contributed by atoms with van der Waals surface area (Å²) in [6, 6.07) is 3.81. The Morgan fingerprint density at radius 3 is 2.50 bits per heavy atom. The number of ether oxygens (including phenoxy) is 5. The van der Waals surface area contributed by atoms with Gasteiger partial charge in [0.25, 0.3) is 0 Å². The van der Waals surface area contributed by atoms with E-state index >= 15 is 0 Å². The number of nitrogens with one attached hydrogen (secondary N) is 2. The second-order valence-electron chi connectivity index (χ2n) is 7.10. The Kier molecular flexibility index (Phi) is 11.2. The van der Waals surface area contributed by atoms with Crippen LogP contribution in [0.3, 0.4) is 0 Å². The summed E-state index contributed by atoms with van der Waals surface area (Å²) in [5.74, 6) is 3.25. The molecule has 0 amide bonds. The Hall–Kier alpha value is -2.19. The van der Waals surface area contributed by atoms with Gasteiger partial charge in [-0.25, -0.2) is 4.99 Å². The van der Waals surface area contributed by atoms with E-state index in [0.29, 0.717) is 29.7 Å². The van der Waals surface area contributed by atoms with Crippen LogP contribution >= 0.6 is 0 Å². The van der Waals surface area contributed by atoms with Gasteiger partial charge in [-0.15, -0.1) is 0 Å². The molecule has 1 saturated heterocycles. The zero-order chi connectivity index (χ0) is 21.6. The molecule has 0 aliphatic carbocycles. The minimum absolute atomic E-state index is 0.457. The van der Waals surface area contributed by atoms with Crippen molar-refractivity contribution in [2.24, 2.45) is 10.9 Å². The minimum atomic E-state index is 0.457. The van der Waals surface area contributed by atoms with Crippen molar-refractivity contribution in [3.63, 3.8) is 0 Å². The summed E-state index contributed by atoms with van der Waals surface area (Å²) in [6.45, 7) is 7.39. The monoisotopic (exact) mass is 423 g/mol. The van der Waals surface area contributed by atoms with Crippen LogP contribution in [0.4, 0.5) is 0 Å². The van der Waals surface area contributed by atoms with Crippen LogP contribution in [0.5, 0.6) is 17.2 Å². The highest BCUT2D eigenvalue weighted by Gasteiger charge is 2.16. The summed E-state index contributed by atoms with van der Waals surface area (Å²) in [5, 5.41) is 6.63. The van der Waals surface area contributed by atoms with Gasteiger partial charge in [-0.05, 0) is 44.2 Å². The van der Waals surface area contributed by atoms with Gasteiger partial charge in [0.1, 0.15) is 0 Å². The lowest BCUT2D eigenvalue weighted by atomic mass is 10.0. The summed E-state index contributed by atoms with van der Waals surface area (Å²) >= 11 is 0. The summed E-state index contributed by atoms with van der Waals surface area (Å²) < 4.78 is 27.5.